The van der Waals surface area contributed by atoms with E-state index in [2.05, 4.69) is 32.5 Å². The first kappa shape index (κ1) is 13.9. The third-order valence-corrected chi connectivity index (χ3v) is 5.33. The highest BCUT2D eigenvalue weighted by atomic mass is 16.2. The third-order valence-electron chi connectivity index (χ3n) is 5.33. The van der Waals surface area contributed by atoms with Crippen LogP contribution in [0.2, 0.25) is 0 Å². The average Bonchev–Trinajstić information content (AvgIpc) is 3.05. The van der Waals surface area contributed by atoms with Crippen molar-refractivity contribution in [3.63, 3.8) is 0 Å². The molecule has 122 valence electrons. The van der Waals surface area contributed by atoms with Crippen molar-refractivity contribution in [1.29, 1.82) is 0 Å². The molecule has 0 aromatic carbocycles. The number of rotatable bonds is 4. The first-order valence-electron chi connectivity index (χ1n) is 8.64. The Morgan fingerprint density at radius 1 is 1.17 bits per heavy atom. The van der Waals surface area contributed by atoms with Crippen LogP contribution in [-0.4, -0.2) is 25.7 Å². The van der Waals surface area contributed by atoms with Crippen molar-refractivity contribution in [1.82, 2.24) is 19.7 Å². The lowest BCUT2D eigenvalue weighted by Crippen LogP contribution is -2.27. The second-order valence-corrected chi connectivity index (χ2v) is 7.07. The van der Waals surface area contributed by atoms with Crippen molar-refractivity contribution >= 4 is 11.7 Å². The van der Waals surface area contributed by atoms with Gasteiger partial charge in [-0.15, -0.1) is 0 Å². The monoisotopic (exact) mass is 321 g/mol. The van der Waals surface area contributed by atoms with E-state index in [1.165, 1.54) is 0 Å². The zero-order chi connectivity index (χ0) is 16.1. The Morgan fingerprint density at radius 3 is 2.67 bits per heavy atom. The van der Waals surface area contributed by atoms with Crippen LogP contribution in [-0.2, 0) is 4.79 Å². The minimum Gasteiger partial charge on any atom is -0.310 e. The fourth-order valence-electron chi connectivity index (χ4n) is 3.92. The summed E-state index contributed by atoms with van der Waals surface area (Å²) < 4.78 is 1.66. The number of fused-ring (bicyclic) bond motifs is 2. The summed E-state index contributed by atoms with van der Waals surface area (Å²) in [7, 11) is 0. The molecule has 2 aromatic heterocycles. The highest BCUT2D eigenvalue weighted by molar-refractivity contribution is 5.92. The second-order valence-electron chi connectivity index (χ2n) is 7.07. The van der Waals surface area contributed by atoms with Gasteiger partial charge in [0.1, 0.15) is 5.82 Å². The molecule has 0 saturated heterocycles. The normalized spacial score (nSPS) is 27.6. The van der Waals surface area contributed by atoms with Gasteiger partial charge in [0.2, 0.25) is 5.91 Å². The second kappa shape index (κ2) is 5.26. The van der Waals surface area contributed by atoms with Crippen LogP contribution in [0.25, 0.3) is 5.95 Å². The van der Waals surface area contributed by atoms with Crippen molar-refractivity contribution in [2.45, 2.75) is 31.6 Å². The molecule has 0 unspecified atom stereocenters. The Hall–Kier alpha value is -2.50. The van der Waals surface area contributed by atoms with Gasteiger partial charge in [0.25, 0.3) is 5.95 Å². The smallest absolute Gasteiger partial charge is 0.252 e. The molecule has 2 aromatic rings. The topological polar surface area (TPSA) is 72.7 Å². The number of hydrogen-bond acceptors (Lipinski definition) is 4. The molecule has 5 rings (SSSR count). The number of carbonyl (C=O) groups excluding carboxylic acids is 1. The molecule has 2 bridgehead atoms. The predicted octanol–water partition coefficient (Wildman–Crippen LogP) is 2.69. The van der Waals surface area contributed by atoms with E-state index in [0.717, 1.165) is 31.4 Å². The van der Waals surface area contributed by atoms with E-state index in [1.54, 1.807) is 23.1 Å². The Bertz CT molecular complexity index is 808. The SMILES string of the molecule is O=C(Nc1cc(C2CC2)nn1-c1ncccn1)[C@@H]1C[C@H]2C=C[C@@H]1C2. The summed E-state index contributed by atoms with van der Waals surface area (Å²) >= 11 is 0. The standard InChI is InChI=1S/C18H19N5O/c24-17(14-9-11-2-3-13(14)8-11)21-16-10-15(12-4-5-12)22-23(16)18-19-6-1-7-20-18/h1-3,6-7,10-14H,4-5,8-9H2,(H,21,24)/t11-,13+,14+/m0/s1. The zero-order valence-electron chi connectivity index (χ0n) is 13.3. The summed E-state index contributed by atoms with van der Waals surface area (Å²) in [5, 5.41) is 7.72. The van der Waals surface area contributed by atoms with E-state index in [1.807, 2.05) is 6.07 Å². The number of carbonyl (C=O) groups is 1. The van der Waals surface area contributed by atoms with Crippen LogP contribution in [0, 0.1) is 17.8 Å². The van der Waals surface area contributed by atoms with Crippen LogP contribution in [0.3, 0.4) is 0 Å². The molecule has 2 heterocycles. The van der Waals surface area contributed by atoms with E-state index in [0.29, 0.717) is 29.5 Å². The fraction of sp³-hybridized carbons (Fsp3) is 0.444. The molecule has 3 aliphatic carbocycles. The summed E-state index contributed by atoms with van der Waals surface area (Å²) in [5.41, 5.74) is 1.02. The Balaban J connectivity index is 1.44. The zero-order valence-corrected chi connectivity index (χ0v) is 13.3. The van der Waals surface area contributed by atoms with Crippen LogP contribution in [0.5, 0.6) is 0 Å². The minimum absolute atomic E-state index is 0.0735. The number of hydrogen-bond donors (Lipinski definition) is 1. The quantitative estimate of drug-likeness (QED) is 0.879. The number of aromatic nitrogens is 4. The molecule has 1 amide bonds. The van der Waals surface area contributed by atoms with Crippen molar-refractivity contribution in [2.24, 2.45) is 17.8 Å². The van der Waals surface area contributed by atoms with E-state index in [-0.39, 0.29) is 11.8 Å². The Labute approximate surface area is 140 Å². The van der Waals surface area contributed by atoms with E-state index in [9.17, 15) is 4.79 Å². The number of nitrogens with zero attached hydrogens (tertiary/aromatic N) is 4. The predicted molar refractivity (Wildman–Crippen MR) is 88.6 cm³/mol. The van der Waals surface area contributed by atoms with Crippen LogP contribution < -0.4 is 5.32 Å². The Morgan fingerprint density at radius 2 is 2.00 bits per heavy atom. The summed E-state index contributed by atoms with van der Waals surface area (Å²) in [6.07, 6.45) is 12.2. The molecule has 3 atom stereocenters. The molecule has 0 aliphatic heterocycles. The van der Waals surface area contributed by atoms with Crippen molar-refractivity contribution in [3.8, 4) is 5.95 Å². The average molecular weight is 321 g/mol. The first-order valence-corrected chi connectivity index (χ1v) is 8.64. The number of allylic oxidation sites excluding steroid dienone is 2. The lowest BCUT2D eigenvalue weighted by Gasteiger charge is -2.17. The van der Waals surface area contributed by atoms with E-state index >= 15 is 0 Å². The molecule has 0 spiro atoms. The van der Waals surface area contributed by atoms with Gasteiger partial charge >= 0.3 is 0 Å². The molecule has 24 heavy (non-hydrogen) atoms. The maximum absolute atomic E-state index is 12.8. The molecule has 1 N–H and O–H groups in total. The number of anilines is 1. The van der Waals surface area contributed by atoms with Gasteiger partial charge in [0.05, 0.1) is 5.69 Å². The van der Waals surface area contributed by atoms with Crippen LogP contribution >= 0.6 is 0 Å². The van der Waals surface area contributed by atoms with Crippen LogP contribution in [0.15, 0.2) is 36.7 Å². The van der Waals surface area contributed by atoms with Gasteiger partial charge in [-0.1, -0.05) is 12.2 Å². The summed E-state index contributed by atoms with van der Waals surface area (Å²) in [6, 6.07) is 3.75. The molecule has 6 heteroatoms. The van der Waals surface area contributed by atoms with Crippen molar-refractivity contribution < 1.29 is 4.79 Å². The van der Waals surface area contributed by atoms with Crippen LogP contribution in [0.4, 0.5) is 5.82 Å². The van der Waals surface area contributed by atoms with Gasteiger partial charge < -0.3 is 5.32 Å². The summed E-state index contributed by atoms with van der Waals surface area (Å²) in [4.78, 5) is 21.3. The lowest BCUT2D eigenvalue weighted by molar-refractivity contribution is -0.120. The fourth-order valence-corrected chi connectivity index (χ4v) is 3.92. The van der Waals surface area contributed by atoms with Crippen LogP contribution in [0.1, 0.15) is 37.3 Å². The van der Waals surface area contributed by atoms with Gasteiger partial charge in [-0.2, -0.15) is 9.78 Å². The molecule has 6 nitrogen and oxygen atoms in total. The molecular weight excluding hydrogens is 302 g/mol. The maximum atomic E-state index is 12.8. The molecule has 3 aliphatic rings. The number of amides is 1. The highest BCUT2D eigenvalue weighted by Gasteiger charge is 2.40. The maximum Gasteiger partial charge on any atom is 0.252 e. The Kier molecular flexibility index (Phi) is 3.04. The van der Waals surface area contributed by atoms with Gasteiger partial charge in [0.15, 0.2) is 0 Å². The van der Waals surface area contributed by atoms with Crippen molar-refractivity contribution in [3.05, 3.63) is 42.4 Å². The van der Waals surface area contributed by atoms with Gasteiger partial charge in [-0.3, -0.25) is 4.79 Å². The molecular formula is C18H19N5O. The largest absolute Gasteiger partial charge is 0.310 e. The summed E-state index contributed by atoms with van der Waals surface area (Å²) in [5.74, 6) is 2.82. The molecule has 0 radical (unpaired) electrons. The minimum atomic E-state index is 0.0735. The third kappa shape index (κ3) is 2.33. The van der Waals surface area contributed by atoms with Gasteiger partial charge in [0, 0.05) is 30.3 Å². The van der Waals surface area contributed by atoms with Gasteiger partial charge in [-0.25, -0.2) is 9.97 Å². The number of nitrogens with one attached hydrogen (secondary N) is 1. The highest BCUT2D eigenvalue weighted by Crippen LogP contribution is 2.44. The van der Waals surface area contributed by atoms with Gasteiger partial charge in [-0.05, 0) is 43.6 Å². The molecule has 2 saturated carbocycles. The van der Waals surface area contributed by atoms with E-state index in [4.69, 9.17) is 0 Å². The first-order chi connectivity index (χ1) is 11.8. The molecule has 2 fully saturated rings. The van der Waals surface area contributed by atoms with E-state index < -0.39 is 0 Å². The summed E-state index contributed by atoms with van der Waals surface area (Å²) in [6.45, 7) is 0. The lowest BCUT2D eigenvalue weighted by atomic mass is 9.93. The van der Waals surface area contributed by atoms with Crippen molar-refractivity contribution in [2.75, 3.05) is 5.32 Å².